The van der Waals surface area contributed by atoms with Crippen LogP contribution in [0.5, 0.6) is 5.75 Å². The minimum Gasteiger partial charge on any atom is -0.492 e. The third-order valence-electron chi connectivity index (χ3n) is 3.37. The van der Waals surface area contributed by atoms with Gasteiger partial charge in [0.15, 0.2) is 0 Å². The van der Waals surface area contributed by atoms with E-state index in [2.05, 4.69) is 24.8 Å². The van der Waals surface area contributed by atoms with Crippen LogP contribution in [0, 0.1) is 0 Å². The fraction of sp³-hybridized carbons (Fsp3) is 0.625. The predicted molar refractivity (Wildman–Crippen MR) is 82.7 cm³/mol. The second kappa shape index (κ2) is 8.81. The molecule has 108 valence electrons. The molecule has 3 nitrogen and oxygen atoms in total. The second-order valence-corrected chi connectivity index (χ2v) is 4.84. The summed E-state index contributed by atoms with van der Waals surface area (Å²) in [7, 11) is 0. The van der Waals surface area contributed by atoms with Crippen LogP contribution in [0.4, 0.5) is 5.69 Å². The number of nitrogens with two attached hydrogens (primary N) is 1. The van der Waals surface area contributed by atoms with Gasteiger partial charge >= 0.3 is 0 Å². The summed E-state index contributed by atoms with van der Waals surface area (Å²) in [5.41, 5.74) is 8.02. The monoisotopic (exact) mass is 264 g/mol. The first-order valence-corrected chi connectivity index (χ1v) is 7.44. The van der Waals surface area contributed by atoms with Gasteiger partial charge in [-0.1, -0.05) is 26.3 Å². The average molecular weight is 264 g/mol. The van der Waals surface area contributed by atoms with Gasteiger partial charge in [0.25, 0.3) is 0 Å². The number of ether oxygens (including phenoxy) is 1. The van der Waals surface area contributed by atoms with Crippen molar-refractivity contribution in [1.29, 1.82) is 0 Å². The van der Waals surface area contributed by atoms with Crippen molar-refractivity contribution in [2.75, 3.05) is 32.0 Å². The lowest BCUT2D eigenvalue weighted by Crippen LogP contribution is -2.26. The highest BCUT2D eigenvalue weighted by molar-refractivity contribution is 5.54. The number of rotatable bonds is 9. The molecule has 0 aliphatic rings. The molecule has 0 saturated carbocycles. The molecule has 0 unspecified atom stereocenters. The third-order valence-corrected chi connectivity index (χ3v) is 3.37. The van der Waals surface area contributed by atoms with E-state index >= 15 is 0 Å². The molecule has 0 atom stereocenters. The molecule has 0 aliphatic heterocycles. The summed E-state index contributed by atoms with van der Waals surface area (Å²) in [6.07, 6.45) is 3.58. The molecule has 0 amide bonds. The zero-order valence-electron chi connectivity index (χ0n) is 12.6. The molecule has 2 N–H and O–H groups in total. The largest absolute Gasteiger partial charge is 0.492 e. The summed E-state index contributed by atoms with van der Waals surface area (Å²) in [6, 6.07) is 6.14. The van der Waals surface area contributed by atoms with Crippen molar-refractivity contribution in [2.24, 2.45) is 0 Å². The Morgan fingerprint density at radius 1 is 1.16 bits per heavy atom. The van der Waals surface area contributed by atoms with Crippen molar-refractivity contribution < 1.29 is 4.74 Å². The lowest BCUT2D eigenvalue weighted by molar-refractivity contribution is 0.287. The highest BCUT2D eigenvalue weighted by Crippen LogP contribution is 2.22. The summed E-state index contributed by atoms with van der Waals surface area (Å²) in [5.74, 6) is 0.796. The minimum absolute atomic E-state index is 0.657. The van der Waals surface area contributed by atoms with Gasteiger partial charge in [-0.15, -0.1) is 0 Å². The molecule has 0 bridgehead atoms. The molecule has 0 spiro atoms. The van der Waals surface area contributed by atoms with Crippen LogP contribution in [0.3, 0.4) is 0 Å². The van der Waals surface area contributed by atoms with Gasteiger partial charge in [-0.25, -0.2) is 0 Å². The van der Waals surface area contributed by atoms with Crippen LogP contribution in [0.25, 0.3) is 0 Å². The predicted octanol–water partition coefficient (Wildman–Crippen LogP) is 3.33. The lowest BCUT2D eigenvalue weighted by atomic mass is 10.1. The number of nitrogens with zero attached hydrogens (tertiary/aromatic N) is 1. The van der Waals surface area contributed by atoms with E-state index in [4.69, 9.17) is 10.5 Å². The van der Waals surface area contributed by atoms with Gasteiger partial charge < -0.3 is 15.4 Å². The standard InChI is InChI=1S/C16H28N2O/c1-4-7-11-18(5-2)12-10-14-8-9-16(19-6-3)15(17)13-14/h8-9,13H,4-7,10-12,17H2,1-3H3. The van der Waals surface area contributed by atoms with Crippen LogP contribution in [0.1, 0.15) is 39.2 Å². The fourth-order valence-corrected chi connectivity index (χ4v) is 2.14. The van der Waals surface area contributed by atoms with Gasteiger partial charge in [-0.05, 0) is 50.6 Å². The molecule has 0 radical (unpaired) electrons. The second-order valence-electron chi connectivity index (χ2n) is 4.84. The SMILES string of the molecule is CCCCN(CC)CCc1ccc(OCC)c(N)c1. The maximum Gasteiger partial charge on any atom is 0.142 e. The summed E-state index contributed by atoms with van der Waals surface area (Å²) in [6.45, 7) is 10.5. The Kier molecular flexibility index (Phi) is 7.34. The van der Waals surface area contributed by atoms with E-state index in [1.807, 2.05) is 19.1 Å². The zero-order valence-corrected chi connectivity index (χ0v) is 12.6. The Morgan fingerprint density at radius 2 is 1.95 bits per heavy atom. The van der Waals surface area contributed by atoms with Crippen molar-refractivity contribution in [3.05, 3.63) is 23.8 Å². The van der Waals surface area contributed by atoms with Crippen molar-refractivity contribution >= 4 is 5.69 Å². The van der Waals surface area contributed by atoms with E-state index < -0.39 is 0 Å². The molecule has 1 rings (SSSR count). The van der Waals surface area contributed by atoms with Gasteiger partial charge in [0.05, 0.1) is 12.3 Å². The molecule has 0 aromatic heterocycles. The van der Waals surface area contributed by atoms with Crippen molar-refractivity contribution in [2.45, 2.75) is 40.0 Å². The first-order chi connectivity index (χ1) is 9.21. The lowest BCUT2D eigenvalue weighted by Gasteiger charge is -2.20. The van der Waals surface area contributed by atoms with E-state index in [0.29, 0.717) is 6.61 Å². The summed E-state index contributed by atoms with van der Waals surface area (Å²) in [5, 5.41) is 0. The number of likely N-dealkylation sites (N-methyl/N-ethyl adjacent to an activating group) is 1. The maximum atomic E-state index is 5.99. The zero-order chi connectivity index (χ0) is 14.1. The summed E-state index contributed by atoms with van der Waals surface area (Å²) < 4.78 is 5.46. The van der Waals surface area contributed by atoms with Gasteiger partial charge in [0, 0.05) is 6.54 Å². The van der Waals surface area contributed by atoms with E-state index in [9.17, 15) is 0 Å². The first-order valence-electron chi connectivity index (χ1n) is 7.44. The van der Waals surface area contributed by atoms with E-state index in [1.54, 1.807) is 0 Å². The highest BCUT2D eigenvalue weighted by Gasteiger charge is 2.05. The minimum atomic E-state index is 0.657. The molecule has 1 aromatic rings. The normalized spacial score (nSPS) is 10.9. The van der Waals surface area contributed by atoms with Gasteiger partial charge in [-0.3, -0.25) is 0 Å². The first kappa shape index (κ1) is 15.8. The average Bonchev–Trinajstić information content (AvgIpc) is 2.42. The topological polar surface area (TPSA) is 38.5 Å². The van der Waals surface area contributed by atoms with Crippen LogP contribution in [0.15, 0.2) is 18.2 Å². The molecular formula is C16H28N2O. The highest BCUT2D eigenvalue weighted by atomic mass is 16.5. The van der Waals surface area contributed by atoms with Crippen LogP contribution >= 0.6 is 0 Å². The van der Waals surface area contributed by atoms with Gasteiger partial charge in [-0.2, -0.15) is 0 Å². The molecule has 1 aromatic carbocycles. The van der Waals surface area contributed by atoms with Crippen LogP contribution in [-0.2, 0) is 6.42 Å². The molecule has 0 heterocycles. The third kappa shape index (κ3) is 5.52. The van der Waals surface area contributed by atoms with E-state index in [1.165, 1.54) is 24.9 Å². The van der Waals surface area contributed by atoms with Crippen LogP contribution < -0.4 is 10.5 Å². The Balaban J connectivity index is 2.50. The van der Waals surface area contributed by atoms with E-state index in [-0.39, 0.29) is 0 Å². The number of nitrogen functional groups attached to an aromatic ring is 1. The number of hydrogen-bond acceptors (Lipinski definition) is 3. The Hall–Kier alpha value is -1.22. The number of unbranched alkanes of at least 4 members (excludes halogenated alkanes) is 1. The molecular weight excluding hydrogens is 236 g/mol. The number of benzene rings is 1. The Morgan fingerprint density at radius 3 is 2.53 bits per heavy atom. The number of anilines is 1. The molecule has 0 saturated heterocycles. The summed E-state index contributed by atoms with van der Waals surface area (Å²) in [4.78, 5) is 2.50. The van der Waals surface area contributed by atoms with E-state index in [0.717, 1.165) is 30.9 Å². The Labute approximate surface area is 117 Å². The molecule has 19 heavy (non-hydrogen) atoms. The molecule has 0 aliphatic carbocycles. The smallest absolute Gasteiger partial charge is 0.142 e. The number of hydrogen-bond donors (Lipinski definition) is 1. The quantitative estimate of drug-likeness (QED) is 0.695. The Bertz CT molecular complexity index is 366. The van der Waals surface area contributed by atoms with Crippen molar-refractivity contribution in [3.8, 4) is 5.75 Å². The van der Waals surface area contributed by atoms with Gasteiger partial charge in [0.1, 0.15) is 5.75 Å². The molecule has 3 heteroatoms. The van der Waals surface area contributed by atoms with Crippen molar-refractivity contribution in [1.82, 2.24) is 4.90 Å². The summed E-state index contributed by atoms with van der Waals surface area (Å²) >= 11 is 0. The van der Waals surface area contributed by atoms with Gasteiger partial charge in [0.2, 0.25) is 0 Å². The maximum absolute atomic E-state index is 5.99. The van der Waals surface area contributed by atoms with Crippen LogP contribution in [0.2, 0.25) is 0 Å². The molecule has 0 fully saturated rings. The fourth-order valence-electron chi connectivity index (χ4n) is 2.14. The van der Waals surface area contributed by atoms with Crippen LogP contribution in [-0.4, -0.2) is 31.1 Å². The van der Waals surface area contributed by atoms with Crippen molar-refractivity contribution in [3.63, 3.8) is 0 Å².